The second-order valence-electron chi connectivity index (χ2n) is 4.81. The van der Waals surface area contributed by atoms with E-state index in [1.54, 1.807) is 18.2 Å². The molecule has 92 valence electrons. The number of hydrogen-bond acceptors (Lipinski definition) is 1. The quantitative estimate of drug-likeness (QED) is 0.855. The van der Waals surface area contributed by atoms with Gasteiger partial charge in [0.15, 0.2) is 0 Å². The van der Waals surface area contributed by atoms with Gasteiger partial charge in [0, 0.05) is 5.56 Å². The first-order valence-corrected chi connectivity index (χ1v) is 6.30. The molecular weight excluding hydrogens is 227 g/mol. The molecule has 0 amide bonds. The minimum Gasteiger partial charge on any atom is -0.384 e. The lowest BCUT2D eigenvalue weighted by Crippen LogP contribution is -2.03. The van der Waals surface area contributed by atoms with E-state index in [2.05, 4.69) is 6.07 Å². The molecule has 1 aliphatic rings. The van der Waals surface area contributed by atoms with Crippen molar-refractivity contribution < 1.29 is 9.50 Å². The summed E-state index contributed by atoms with van der Waals surface area (Å²) >= 11 is 0. The predicted molar refractivity (Wildman–Crippen MR) is 68.9 cm³/mol. The summed E-state index contributed by atoms with van der Waals surface area (Å²) in [5.74, 6) is -0.356. The zero-order valence-electron chi connectivity index (χ0n) is 10.1. The van der Waals surface area contributed by atoms with Gasteiger partial charge in [0.1, 0.15) is 11.9 Å². The summed E-state index contributed by atoms with van der Waals surface area (Å²) in [5.41, 5.74) is 3.78. The second-order valence-corrected chi connectivity index (χ2v) is 4.81. The molecule has 0 bridgehead atoms. The van der Waals surface area contributed by atoms with Crippen molar-refractivity contribution in [2.24, 2.45) is 0 Å². The Balaban J connectivity index is 1.98. The fourth-order valence-corrected chi connectivity index (χ4v) is 2.64. The van der Waals surface area contributed by atoms with Crippen LogP contribution in [0.4, 0.5) is 4.39 Å². The number of halogens is 1. The Morgan fingerprint density at radius 2 is 1.78 bits per heavy atom. The molecule has 0 aromatic heterocycles. The van der Waals surface area contributed by atoms with Crippen molar-refractivity contribution >= 4 is 0 Å². The summed E-state index contributed by atoms with van der Waals surface area (Å²) in [4.78, 5) is 0. The van der Waals surface area contributed by atoms with Crippen LogP contribution >= 0.6 is 0 Å². The van der Waals surface area contributed by atoms with Gasteiger partial charge in [-0.25, -0.2) is 4.39 Å². The minimum atomic E-state index is -0.878. The smallest absolute Gasteiger partial charge is 0.129 e. The van der Waals surface area contributed by atoms with Gasteiger partial charge in [-0.15, -0.1) is 0 Å². The van der Waals surface area contributed by atoms with E-state index in [1.807, 2.05) is 12.1 Å². The predicted octanol–water partition coefficient (Wildman–Crippen LogP) is 3.40. The zero-order valence-corrected chi connectivity index (χ0v) is 10.1. The van der Waals surface area contributed by atoms with Gasteiger partial charge in [0.05, 0.1) is 0 Å². The Bertz CT molecular complexity index is 577. The molecule has 1 atom stereocenters. The van der Waals surface area contributed by atoms with Crippen molar-refractivity contribution in [1.29, 1.82) is 0 Å². The monoisotopic (exact) mass is 242 g/mol. The van der Waals surface area contributed by atoms with E-state index in [0.717, 1.165) is 18.4 Å². The van der Waals surface area contributed by atoms with Crippen molar-refractivity contribution in [3.05, 3.63) is 70.5 Å². The molecule has 2 aromatic rings. The zero-order chi connectivity index (χ0) is 12.5. The van der Waals surface area contributed by atoms with E-state index < -0.39 is 6.10 Å². The molecule has 0 heterocycles. The highest BCUT2D eigenvalue weighted by atomic mass is 19.1. The second kappa shape index (κ2) is 4.54. The summed E-state index contributed by atoms with van der Waals surface area (Å²) in [7, 11) is 0. The van der Waals surface area contributed by atoms with Crippen LogP contribution in [0.25, 0.3) is 0 Å². The molecule has 2 aromatic carbocycles. The van der Waals surface area contributed by atoms with Crippen LogP contribution < -0.4 is 0 Å². The lowest BCUT2D eigenvalue weighted by molar-refractivity contribution is 0.215. The summed E-state index contributed by atoms with van der Waals surface area (Å²) in [6.07, 6.45) is 2.48. The third-order valence-corrected chi connectivity index (χ3v) is 3.64. The molecule has 0 aliphatic heterocycles. The maximum absolute atomic E-state index is 13.6. The van der Waals surface area contributed by atoms with E-state index in [4.69, 9.17) is 0 Å². The maximum Gasteiger partial charge on any atom is 0.129 e. The number of rotatable bonds is 2. The van der Waals surface area contributed by atoms with Crippen LogP contribution in [0.15, 0.2) is 42.5 Å². The number of benzene rings is 2. The van der Waals surface area contributed by atoms with E-state index >= 15 is 0 Å². The largest absolute Gasteiger partial charge is 0.384 e. The molecular formula is C16H15FO. The van der Waals surface area contributed by atoms with Gasteiger partial charge in [0.25, 0.3) is 0 Å². The van der Waals surface area contributed by atoms with Crippen LogP contribution in [0, 0.1) is 5.82 Å². The van der Waals surface area contributed by atoms with Crippen LogP contribution in [-0.2, 0) is 12.8 Å². The van der Waals surface area contributed by atoms with Gasteiger partial charge >= 0.3 is 0 Å². The van der Waals surface area contributed by atoms with E-state index in [9.17, 15) is 9.50 Å². The van der Waals surface area contributed by atoms with Crippen molar-refractivity contribution in [1.82, 2.24) is 0 Å². The summed E-state index contributed by atoms with van der Waals surface area (Å²) < 4.78 is 13.6. The Morgan fingerprint density at radius 3 is 2.61 bits per heavy atom. The summed E-state index contributed by atoms with van der Waals surface area (Å²) in [6, 6.07) is 12.4. The van der Waals surface area contributed by atoms with Crippen LogP contribution in [0.3, 0.4) is 0 Å². The molecule has 2 heteroatoms. The molecule has 0 fully saturated rings. The van der Waals surface area contributed by atoms with Crippen LogP contribution in [-0.4, -0.2) is 5.11 Å². The Kier molecular flexibility index (Phi) is 2.88. The molecule has 1 unspecified atom stereocenters. The third kappa shape index (κ3) is 1.93. The highest BCUT2D eigenvalue weighted by molar-refractivity contribution is 5.39. The first kappa shape index (κ1) is 11.4. The highest BCUT2D eigenvalue weighted by Crippen LogP contribution is 2.29. The van der Waals surface area contributed by atoms with E-state index in [0.29, 0.717) is 5.56 Å². The normalized spacial score (nSPS) is 15.4. The van der Waals surface area contributed by atoms with Crippen LogP contribution in [0.5, 0.6) is 0 Å². The molecule has 0 saturated carbocycles. The summed E-state index contributed by atoms with van der Waals surface area (Å²) in [6.45, 7) is 0. The lowest BCUT2D eigenvalue weighted by Gasteiger charge is -2.13. The van der Waals surface area contributed by atoms with Gasteiger partial charge in [-0.05, 0) is 42.0 Å². The molecule has 1 N–H and O–H groups in total. The third-order valence-electron chi connectivity index (χ3n) is 3.64. The van der Waals surface area contributed by atoms with Gasteiger partial charge < -0.3 is 5.11 Å². The Labute approximate surface area is 106 Å². The first-order chi connectivity index (χ1) is 8.75. The number of aryl methyl sites for hydroxylation is 2. The van der Waals surface area contributed by atoms with E-state index in [1.165, 1.54) is 23.6 Å². The molecule has 1 aliphatic carbocycles. The van der Waals surface area contributed by atoms with E-state index in [-0.39, 0.29) is 5.82 Å². The number of hydrogen-bond donors (Lipinski definition) is 1. The number of fused-ring (bicyclic) bond motifs is 1. The SMILES string of the molecule is OC(c1ccc2c(c1)CCC2)c1ccccc1F. The molecule has 0 radical (unpaired) electrons. The fraction of sp³-hybridized carbons (Fsp3) is 0.250. The average molecular weight is 242 g/mol. The average Bonchev–Trinajstić information content (AvgIpc) is 2.85. The Hall–Kier alpha value is -1.67. The van der Waals surface area contributed by atoms with Crippen molar-refractivity contribution in [2.45, 2.75) is 25.4 Å². The molecule has 0 spiro atoms. The number of aliphatic hydroxyl groups is 1. The standard InChI is InChI=1S/C16H15FO/c17-15-7-2-1-6-14(15)16(18)13-9-8-11-4-3-5-12(11)10-13/h1-2,6-10,16,18H,3-5H2. The van der Waals surface area contributed by atoms with Crippen molar-refractivity contribution in [2.75, 3.05) is 0 Å². The maximum atomic E-state index is 13.6. The molecule has 18 heavy (non-hydrogen) atoms. The minimum absolute atomic E-state index is 0.343. The lowest BCUT2D eigenvalue weighted by atomic mass is 9.97. The summed E-state index contributed by atoms with van der Waals surface area (Å²) in [5, 5.41) is 10.3. The van der Waals surface area contributed by atoms with Gasteiger partial charge in [-0.3, -0.25) is 0 Å². The molecule has 1 nitrogen and oxygen atoms in total. The topological polar surface area (TPSA) is 20.2 Å². The first-order valence-electron chi connectivity index (χ1n) is 6.30. The van der Waals surface area contributed by atoms with Crippen molar-refractivity contribution in [3.63, 3.8) is 0 Å². The number of aliphatic hydroxyl groups excluding tert-OH is 1. The molecule has 3 rings (SSSR count). The van der Waals surface area contributed by atoms with Crippen molar-refractivity contribution in [3.8, 4) is 0 Å². The molecule has 0 saturated heterocycles. The highest BCUT2D eigenvalue weighted by Gasteiger charge is 2.17. The van der Waals surface area contributed by atoms with Crippen LogP contribution in [0.1, 0.15) is 34.8 Å². The van der Waals surface area contributed by atoms with Gasteiger partial charge in [-0.2, -0.15) is 0 Å². The van der Waals surface area contributed by atoms with Gasteiger partial charge in [-0.1, -0.05) is 36.4 Å². The Morgan fingerprint density at radius 1 is 1.00 bits per heavy atom. The fourth-order valence-electron chi connectivity index (χ4n) is 2.64. The van der Waals surface area contributed by atoms with Crippen LogP contribution in [0.2, 0.25) is 0 Å². The van der Waals surface area contributed by atoms with Gasteiger partial charge in [0.2, 0.25) is 0 Å².